The van der Waals surface area contributed by atoms with Crippen LogP contribution in [-0.2, 0) is 25.8 Å². The molecule has 0 unspecified atom stereocenters. The molecule has 142 valence electrons. The molecule has 0 spiro atoms. The van der Waals surface area contributed by atoms with Gasteiger partial charge in [0.2, 0.25) is 0 Å². The van der Waals surface area contributed by atoms with E-state index in [9.17, 15) is 0 Å². The topological polar surface area (TPSA) is 77.0 Å². The van der Waals surface area contributed by atoms with Crippen molar-refractivity contribution in [3.63, 3.8) is 0 Å². The lowest BCUT2D eigenvalue weighted by Crippen LogP contribution is -2.29. The fourth-order valence-corrected chi connectivity index (χ4v) is 3.78. The molecule has 0 radical (unpaired) electrons. The van der Waals surface area contributed by atoms with E-state index in [2.05, 4.69) is 53.8 Å². The highest BCUT2D eigenvalue weighted by molar-refractivity contribution is 5.51. The summed E-state index contributed by atoms with van der Waals surface area (Å²) in [5.74, 6) is 3.14. The molecule has 28 heavy (non-hydrogen) atoms. The summed E-state index contributed by atoms with van der Waals surface area (Å²) in [6, 6.07) is 8.15. The van der Waals surface area contributed by atoms with Gasteiger partial charge in [0.05, 0.1) is 6.20 Å². The van der Waals surface area contributed by atoms with Crippen LogP contribution in [0.15, 0.2) is 42.9 Å². The zero-order valence-electron chi connectivity index (χ0n) is 15.9. The van der Waals surface area contributed by atoms with Gasteiger partial charge in [-0.3, -0.25) is 4.98 Å². The van der Waals surface area contributed by atoms with E-state index in [0.29, 0.717) is 0 Å². The molecule has 0 amide bonds. The van der Waals surface area contributed by atoms with Crippen LogP contribution in [0, 0.1) is 0 Å². The van der Waals surface area contributed by atoms with Gasteiger partial charge in [-0.15, -0.1) is 10.2 Å². The maximum absolute atomic E-state index is 4.66. The summed E-state index contributed by atoms with van der Waals surface area (Å²) in [6.45, 7) is 4.75. The van der Waals surface area contributed by atoms with Crippen LogP contribution in [0.3, 0.4) is 0 Å². The van der Waals surface area contributed by atoms with Crippen molar-refractivity contribution in [2.24, 2.45) is 0 Å². The molecule has 4 aromatic heterocycles. The third kappa shape index (κ3) is 3.00. The molecule has 8 nitrogen and oxygen atoms in total. The fraction of sp³-hybridized carbons (Fsp3) is 0.350. The number of aromatic nitrogens is 7. The average Bonchev–Trinajstić information content (AvgIpc) is 3.29. The number of aryl methyl sites for hydroxylation is 1. The van der Waals surface area contributed by atoms with E-state index in [1.165, 1.54) is 0 Å². The van der Waals surface area contributed by atoms with E-state index in [0.717, 1.165) is 73.3 Å². The van der Waals surface area contributed by atoms with Crippen LogP contribution in [0.1, 0.15) is 29.8 Å². The van der Waals surface area contributed by atoms with Gasteiger partial charge in [0.25, 0.3) is 0 Å². The highest BCUT2D eigenvalue weighted by Crippen LogP contribution is 2.21. The Morgan fingerprint density at radius 3 is 2.89 bits per heavy atom. The summed E-state index contributed by atoms with van der Waals surface area (Å²) >= 11 is 0. The molecule has 0 saturated carbocycles. The highest BCUT2D eigenvalue weighted by atomic mass is 15.4. The molecule has 1 aliphatic rings. The van der Waals surface area contributed by atoms with Crippen LogP contribution in [0.2, 0.25) is 0 Å². The number of nitrogens with zero attached hydrogens (tertiary/aromatic N) is 8. The minimum Gasteiger partial charge on any atom is -0.354 e. The smallest absolute Gasteiger partial charge is 0.157 e. The Hall–Kier alpha value is -3.29. The van der Waals surface area contributed by atoms with E-state index in [1.54, 1.807) is 6.20 Å². The van der Waals surface area contributed by atoms with E-state index < -0.39 is 0 Å². The molecular formula is C20H22N8. The van der Waals surface area contributed by atoms with Crippen LogP contribution >= 0.6 is 0 Å². The van der Waals surface area contributed by atoms with E-state index in [1.807, 2.05) is 29.0 Å². The SMILES string of the molecule is CCc1cc(N2CCc3nnc(Cc4cccnc4)n3CC2)n2nccc2n1. The molecule has 5 rings (SSSR count). The lowest BCUT2D eigenvalue weighted by atomic mass is 10.2. The summed E-state index contributed by atoms with van der Waals surface area (Å²) in [5, 5.41) is 13.4. The first-order valence-corrected chi connectivity index (χ1v) is 9.70. The predicted molar refractivity (Wildman–Crippen MR) is 105 cm³/mol. The Morgan fingerprint density at radius 1 is 1.07 bits per heavy atom. The fourth-order valence-electron chi connectivity index (χ4n) is 3.78. The third-order valence-corrected chi connectivity index (χ3v) is 5.27. The highest BCUT2D eigenvalue weighted by Gasteiger charge is 2.21. The number of hydrogen-bond donors (Lipinski definition) is 0. The summed E-state index contributed by atoms with van der Waals surface area (Å²) in [7, 11) is 0. The van der Waals surface area contributed by atoms with Crippen LogP contribution in [0.25, 0.3) is 5.65 Å². The second-order valence-corrected chi connectivity index (χ2v) is 7.02. The van der Waals surface area contributed by atoms with Crippen LogP contribution < -0.4 is 4.90 Å². The van der Waals surface area contributed by atoms with Crippen LogP contribution in [-0.4, -0.2) is 47.4 Å². The molecule has 0 aliphatic carbocycles. The number of pyridine rings is 1. The van der Waals surface area contributed by atoms with Gasteiger partial charge in [0.15, 0.2) is 5.65 Å². The van der Waals surface area contributed by atoms with Crippen molar-refractivity contribution < 1.29 is 0 Å². The van der Waals surface area contributed by atoms with Crippen molar-refractivity contribution in [1.82, 2.24) is 34.3 Å². The minimum absolute atomic E-state index is 0.749. The molecule has 0 atom stereocenters. The Labute approximate surface area is 162 Å². The van der Waals surface area contributed by atoms with Gasteiger partial charge in [-0.2, -0.15) is 9.61 Å². The monoisotopic (exact) mass is 374 g/mol. The Balaban J connectivity index is 1.42. The maximum atomic E-state index is 4.66. The first kappa shape index (κ1) is 16.9. The zero-order chi connectivity index (χ0) is 18.9. The lowest BCUT2D eigenvalue weighted by Gasteiger charge is -2.23. The van der Waals surface area contributed by atoms with Gasteiger partial charge in [-0.1, -0.05) is 13.0 Å². The molecule has 0 N–H and O–H groups in total. The molecule has 0 fully saturated rings. The second-order valence-electron chi connectivity index (χ2n) is 7.02. The zero-order valence-corrected chi connectivity index (χ0v) is 15.9. The van der Waals surface area contributed by atoms with Gasteiger partial charge in [-0.25, -0.2) is 4.98 Å². The molecule has 1 aliphatic heterocycles. The van der Waals surface area contributed by atoms with E-state index in [4.69, 9.17) is 0 Å². The molecule has 8 heteroatoms. The van der Waals surface area contributed by atoms with Gasteiger partial charge >= 0.3 is 0 Å². The van der Waals surface area contributed by atoms with Gasteiger partial charge in [0, 0.05) is 62.7 Å². The number of anilines is 1. The van der Waals surface area contributed by atoms with Crippen molar-refractivity contribution in [2.75, 3.05) is 18.0 Å². The van der Waals surface area contributed by atoms with Crippen LogP contribution in [0.4, 0.5) is 5.82 Å². The summed E-state index contributed by atoms with van der Waals surface area (Å²) in [6.07, 6.45) is 8.00. The third-order valence-electron chi connectivity index (χ3n) is 5.27. The van der Waals surface area contributed by atoms with E-state index >= 15 is 0 Å². The standard InChI is InChI=1S/C20H22N8/c1-2-16-13-20(28-17(23-16)5-8-22-28)26-9-6-18-24-25-19(27(18)11-10-26)12-15-4-3-7-21-14-15/h3-5,7-8,13-14H,2,6,9-12H2,1H3. The quantitative estimate of drug-likeness (QED) is 0.543. The molecule has 5 heterocycles. The lowest BCUT2D eigenvalue weighted by molar-refractivity contribution is 0.650. The van der Waals surface area contributed by atoms with Gasteiger partial charge in [0.1, 0.15) is 17.5 Å². The molecule has 4 aromatic rings. The normalized spacial score (nSPS) is 14.2. The molecule has 0 bridgehead atoms. The largest absolute Gasteiger partial charge is 0.354 e. The predicted octanol–water partition coefficient (Wildman–Crippen LogP) is 1.93. The molecular weight excluding hydrogens is 352 g/mol. The first-order chi connectivity index (χ1) is 13.8. The molecule has 0 saturated heterocycles. The van der Waals surface area contributed by atoms with Crippen LogP contribution in [0.5, 0.6) is 0 Å². The van der Waals surface area contributed by atoms with Crippen molar-refractivity contribution in [1.29, 1.82) is 0 Å². The summed E-state index contributed by atoms with van der Waals surface area (Å²) in [5.41, 5.74) is 3.14. The van der Waals surface area contributed by atoms with Crippen molar-refractivity contribution in [3.05, 3.63) is 65.8 Å². The second kappa shape index (κ2) is 7.03. The van der Waals surface area contributed by atoms with Gasteiger partial charge in [-0.05, 0) is 18.1 Å². The Kier molecular flexibility index (Phi) is 4.23. The Bertz CT molecular complexity index is 1100. The molecule has 0 aromatic carbocycles. The summed E-state index contributed by atoms with van der Waals surface area (Å²) < 4.78 is 4.19. The average molecular weight is 374 g/mol. The van der Waals surface area contributed by atoms with Crippen molar-refractivity contribution >= 4 is 11.5 Å². The number of rotatable bonds is 4. The summed E-state index contributed by atoms with van der Waals surface area (Å²) in [4.78, 5) is 11.2. The number of hydrogen-bond acceptors (Lipinski definition) is 6. The number of fused-ring (bicyclic) bond motifs is 2. The maximum Gasteiger partial charge on any atom is 0.157 e. The first-order valence-electron chi connectivity index (χ1n) is 9.70. The van der Waals surface area contributed by atoms with Gasteiger partial charge < -0.3 is 9.47 Å². The van der Waals surface area contributed by atoms with Crippen molar-refractivity contribution in [2.45, 2.75) is 32.7 Å². The van der Waals surface area contributed by atoms with Crippen molar-refractivity contribution in [3.8, 4) is 0 Å². The minimum atomic E-state index is 0.749. The Morgan fingerprint density at radius 2 is 2.04 bits per heavy atom. The van der Waals surface area contributed by atoms with E-state index in [-0.39, 0.29) is 0 Å².